The maximum atomic E-state index is 12.0. The molecule has 0 saturated carbocycles. The van der Waals surface area contributed by atoms with E-state index in [-0.39, 0.29) is 5.91 Å². The number of hydrogen-bond donors (Lipinski definition) is 1. The van der Waals surface area contributed by atoms with Gasteiger partial charge in [-0.3, -0.25) is 9.48 Å². The van der Waals surface area contributed by atoms with Crippen molar-refractivity contribution in [3.05, 3.63) is 45.7 Å². The largest absolute Gasteiger partial charge is 0.325 e. The summed E-state index contributed by atoms with van der Waals surface area (Å²) in [6, 6.07) is 9.00. The van der Waals surface area contributed by atoms with E-state index in [2.05, 4.69) is 32.4 Å². The Morgan fingerprint density at radius 1 is 1.43 bits per heavy atom. The van der Waals surface area contributed by atoms with E-state index in [1.807, 2.05) is 13.8 Å². The molecule has 1 amide bonds. The fraction of sp³-hybridized carbons (Fsp3) is 0.267. The predicted molar refractivity (Wildman–Crippen MR) is 83.8 cm³/mol. The molecule has 0 aliphatic heterocycles. The second-order valence-electron chi connectivity index (χ2n) is 4.66. The highest BCUT2D eigenvalue weighted by atomic mass is 79.9. The van der Waals surface area contributed by atoms with Gasteiger partial charge in [-0.05, 0) is 41.9 Å². The van der Waals surface area contributed by atoms with E-state index in [9.17, 15) is 4.79 Å². The molecule has 1 heterocycles. The zero-order valence-corrected chi connectivity index (χ0v) is 13.4. The van der Waals surface area contributed by atoms with Crippen LogP contribution in [-0.2, 0) is 11.3 Å². The number of nitriles is 1. The van der Waals surface area contributed by atoms with Crippen molar-refractivity contribution in [3.8, 4) is 6.07 Å². The van der Waals surface area contributed by atoms with Crippen LogP contribution in [0, 0.1) is 25.2 Å². The third-order valence-corrected chi connectivity index (χ3v) is 4.31. The van der Waals surface area contributed by atoms with E-state index in [1.54, 1.807) is 28.9 Å². The Morgan fingerprint density at radius 2 is 2.14 bits per heavy atom. The van der Waals surface area contributed by atoms with Gasteiger partial charge in [0.25, 0.3) is 0 Å². The van der Waals surface area contributed by atoms with Gasteiger partial charge in [-0.1, -0.05) is 12.1 Å². The minimum Gasteiger partial charge on any atom is -0.325 e. The number of benzene rings is 1. The summed E-state index contributed by atoms with van der Waals surface area (Å²) in [7, 11) is 0. The van der Waals surface area contributed by atoms with Gasteiger partial charge in [0.15, 0.2) is 0 Å². The highest BCUT2D eigenvalue weighted by Gasteiger charge is 2.11. The molecule has 21 heavy (non-hydrogen) atoms. The predicted octanol–water partition coefficient (Wildman–Crippen LogP) is 3.16. The molecule has 0 fully saturated rings. The van der Waals surface area contributed by atoms with E-state index in [0.717, 1.165) is 15.9 Å². The highest BCUT2D eigenvalue weighted by molar-refractivity contribution is 9.10. The Balaban J connectivity index is 1.99. The summed E-state index contributed by atoms with van der Waals surface area (Å²) in [4.78, 5) is 12.0. The fourth-order valence-electron chi connectivity index (χ4n) is 2.00. The third-order valence-electron chi connectivity index (χ3n) is 3.17. The van der Waals surface area contributed by atoms with Crippen LogP contribution in [0.4, 0.5) is 5.69 Å². The van der Waals surface area contributed by atoms with Crippen LogP contribution in [0.15, 0.2) is 28.7 Å². The first kappa shape index (κ1) is 15.3. The van der Waals surface area contributed by atoms with Crippen LogP contribution in [0.25, 0.3) is 0 Å². The zero-order chi connectivity index (χ0) is 15.4. The molecule has 0 aliphatic rings. The van der Waals surface area contributed by atoms with Gasteiger partial charge in [0.2, 0.25) is 5.91 Å². The van der Waals surface area contributed by atoms with E-state index < -0.39 is 0 Å². The Morgan fingerprint density at radius 3 is 2.76 bits per heavy atom. The lowest BCUT2D eigenvalue weighted by Gasteiger charge is -2.07. The second kappa shape index (κ2) is 6.55. The molecule has 2 aromatic rings. The zero-order valence-electron chi connectivity index (χ0n) is 11.9. The molecule has 5 nitrogen and oxygen atoms in total. The number of nitrogens with zero attached hydrogens (tertiary/aromatic N) is 3. The maximum Gasteiger partial charge on any atom is 0.226 e. The number of rotatable bonds is 4. The lowest BCUT2D eigenvalue weighted by molar-refractivity contribution is -0.116. The van der Waals surface area contributed by atoms with Gasteiger partial charge in [0, 0.05) is 12.1 Å². The van der Waals surface area contributed by atoms with Gasteiger partial charge in [0.05, 0.1) is 28.0 Å². The molecule has 2 rings (SSSR count). The lowest BCUT2D eigenvalue weighted by Crippen LogP contribution is -2.16. The van der Waals surface area contributed by atoms with Crippen molar-refractivity contribution in [2.45, 2.75) is 26.8 Å². The van der Waals surface area contributed by atoms with E-state index in [1.165, 1.54) is 0 Å². The summed E-state index contributed by atoms with van der Waals surface area (Å²) >= 11 is 3.46. The minimum absolute atomic E-state index is 0.138. The quantitative estimate of drug-likeness (QED) is 0.924. The van der Waals surface area contributed by atoms with E-state index in [0.29, 0.717) is 24.2 Å². The molecule has 0 unspecified atom stereocenters. The van der Waals surface area contributed by atoms with Crippen molar-refractivity contribution in [2.24, 2.45) is 0 Å². The second-order valence-corrected chi connectivity index (χ2v) is 5.46. The molecule has 6 heteroatoms. The molecule has 0 bridgehead atoms. The number of para-hydroxylation sites is 1. The number of halogens is 1. The van der Waals surface area contributed by atoms with Crippen molar-refractivity contribution < 1.29 is 4.79 Å². The standard InChI is InChI=1S/C15H15BrN4O/c1-10-15(16)11(2)20(19-10)8-7-14(21)18-13-6-4-3-5-12(13)9-17/h3-6H,7-8H2,1-2H3,(H,18,21). The first-order valence-corrected chi connectivity index (χ1v) is 7.30. The Bertz CT molecular complexity index is 715. The summed E-state index contributed by atoms with van der Waals surface area (Å²) in [5.74, 6) is -0.138. The Labute approximate surface area is 131 Å². The average molecular weight is 347 g/mol. The first-order valence-electron chi connectivity index (χ1n) is 6.51. The van der Waals surface area contributed by atoms with Crippen LogP contribution in [0.5, 0.6) is 0 Å². The summed E-state index contributed by atoms with van der Waals surface area (Å²) in [6.07, 6.45) is 0.300. The minimum atomic E-state index is -0.138. The van der Waals surface area contributed by atoms with Crippen LogP contribution >= 0.6 is 15.9 Å². The number of aryl methyl sites for hydroxylation is 2. The summed E-state index contributed by atoms with van der Waals surface area (Å²) < 4.78 is 2.77. The van der Waals surface area contributed by atoms with Crippen molar-refractivity contribution in [3.63, 3.8) is 0 Å². The van der Waals surface area contributed by atoms with Crippen LogP contribution in [0.3, 0.4) is 0 Å². The van der Waals surface area contributed by atoms with Crippen molar-refractivity contribution in [1.29, 1.82) is 5.26 Å². The van der Waals surface area contributed by atoms with Crippen LogP contribution in [0.2, 0.25) is 0 Å². The third kappa shape index (κ3) is 3.50. The van der Waals surface area contributed by atoms with Crippen LogP contribution < -0.4 is 5.32 Å². The first-order chi connectivity index (χ1) is 10.0. The highest BCUT2D eigenvalue weighted by Crippen LogP contribution is 2.20. The number of carbonyl (C=O) groups excluding carboxylic acids is 1. The van der Waals surface area contributed by atoms with Gasteiger partial charge >= 0.3 is 0 Å². The maximum absolute atomic E-state index is 12.0. The smallest absolute Gasteiger partial charge is 0.226 e. The average Bonchev–Trinajstić information content (AvgIpc) is 2.73. The normalized spacial score (nSPS) is 10.2. The summed E-state index contributed by atoms with van der Waals surface area (Å²) in [5.41, 5.74) is 2.90. The number of amides is 1. The molecule has 0 radical (unpaired) electrons. The van der Waals surface area contributed by atoms with Gasteiger partial charge in [0.1, 0.15) is 6.07 Å². The molecule has 1 N–H and O–H groups in total. The number of nitrogens with one attached hydrogen (secondary N) is 1. The summed E-state index contributed by atoms with van der Waals surface area (Å²) in [6.45, 7) is 4.36. The number of anilines is 1. The van der Waals surface area contributed by atoms with E-state index in [4.69, 9.17) is 5.26 Å². The van der Waals surface area contributed by atoms with Crippen molar-refractivity contribution >= 4 is 27.5 Å². The Kier molecular flexibility index (Phi) is 4.76. The Hall–Kier alpha value is -2.13. The molecule has 0 atom stereocenters. The van der Waals surface area contributed by atoms with Crippen LogP contribution in [-0.4, -0.2) is 15.7 Å². The number of hydrogen-bond acceptors (Lipinski definition) is 3. The molecular formula is C15H15BrN4O. The molecule has 108 valence electrons. The van der Waals surface area contributed by atoms with Crippen molar-refractivity contribution in [2.75, 3.05) is 5.32 Å². The topological polar surface area (TPSA) is 70.7 Å². The molecule has 0 aliphatic carbocycles. The molecule has 0 spiro atoms. The molecule has 1 aromatic carbocycles. The van der Waals surface area contributed by atoms with Crippen LogP contribution in [0.1, 0.15) is 23.4 Å². The SMILES string of the molecule is Cc1nn(CCC(=O)Nc2ccccc2C#N)c(C)c1Br. The van der Waals surface area contributed by atoms with Gasteiger partial charge in [-0.25, -0.2) is 0 Å². The lowest BCUT2D eigenvalue weighted by atomic mass is 10.2. The fourth-order valence-corrected chi connectivity index (χ4v) is 2.29. The van der Waals surface area contributed by atoms with Gasteiger partial charge in [-0.15, -0.1) is 0 Å². The molecule has 0 saturated heterocycles. The van der Waals surface area contributed by atoms with Gasteiger partial charge < -0.3 is 5.32 Å². The molecular weight excluding hydrogens is 332 g/mol. The number of aromatic nitrogens is 2. The molecule has 1 aromatic heterocycles. The number of carbonyl (C=O) groups is 1. The summed E-state index contributed by atoms with van der Waals surface area (Å²) in [5, 5.41) is 16.1. The van der Waals surface area contributed by atoms with Gasteiger partial charge in [-0.2, -0.15) is 10.4 Å². The van der Waals surface area contributed by atoms with E-state index >= 15 is 0 Å². The van der Waals surface area contributed by atoms with Crippen molar-refractivity contribution in [1.82, 2.24) is 9.78 Å². The monoisotopic (exact) mass is 346 g/mol.